The first-order chi connectivity index (χ1) is 7.28. The van der Waals surface area contributed by atoms with Crippen molar-refractivity contribution in [3.63, 3.8) is 0 Å². The molecule has 2 rings (SSSR count). The van der Waals surface area contributed by atoms with Crippen LogP contribution in [-0.2, 0) is 17.6 Å². The Hall–Kier alpha value is -1.23. The number of carbonyl (C=O) groups is 1. The number of aromatic nitrogens is 2. The average molecular weight is 209 g/mol. The third kappa shape index (κ3) is 2.62. The predicted molar refractivity (Wildman–Crippen MR) is 53.4 cm³/mol. The lowest BCUT2D eigenvalue weighted by Crippen LogP contribution is -2.15. The van der Waals surface area contributed by atoms with Gasteiger partial charge in [0, 0.05) is 13.0 Å². The topological polar surface area (TPSA) is 59.2 Å². The molecule has 0 N–H and O–H groups in total. The van der Waals surface area contributed by atoms with Gasteiger partial charge in [0.15, 0.2) is 5.82 Å². The van der Waals surface area contributed by atoms with Crippen molar-refractivity contribution in [1.29, 1.82) is 0 Å². The van der Waals surface area contributed by atoms with E-state index >= 15 is 0 Å². The molecule has 1 aromatic rings. The quantitative estimate of drug-likeness (QED) is 0.668. The molecule has 1 unspecified atom stereocenters. The van der Waals surface area contributed by atoms with Crippen LogP contribution in [0.25, 0.3) is 0 Å². The smallest absolute Gasteiger partial charge is 0.233 e. The van der Waals surface area contributed by atoms with Crippen molar-refractivity contribution in [3.05, 3.63) is 11.7 Å². The van der Waals surface area contributed by atoms with Gasteiger partial charge in [0.05, 0.1) is 6.42 Å². The summed E-state index contributed by atoms with van der Waals surface area (Å²) in [6, 6.07) is 0. The third-order valence-electron chi connectivity index (χ3n) is 2.73. The number of rotatable bonds is 4. The van der Waals surface area contributed by atoms with Gasteiger partial charge >= 0.3 is 0 Å². The Kier molecular flexibility index (Phi) is 3.11. The molecule has 0 saturated carbocycles. The Bertz CT molecular complexity index is 337. The largest absolute Gasteiger partial charge is 0.339 e. The number of nitrogens with zero attached hydrogens (tertiary/aromatic N) is 3. The van der Waals surface area contributed by atoms with Gasteiger partial charge in [0.1, 0.15) is 6.29 Å². The Morgan fingerprint density at radius 1 is 1.67 bits per heavy atom. The normalized spacial score (nSPS) is 22.1. The lowest BCUT2D eigenvalue weighted by atomic mass is 10.1. The van der Waals surface area contributed by atoms with Gasteiger partial charge in [-0.1, -0.05) is 5.16 Å². The molecule has 1 saturated heterocycles. The molecule has 0 spiro atoms. The lowest BCUT2D eigenvalue weighted by molar-refractivity contribution is -0.107. The SMILES string of the molecule is CN1CCC(Cc2noc(CC=O)n2)C1. The first kappa shape index (κ1) is 10.3. The lowest BCUT2D eigenvalue weighted by Gasteiger charge is -2.06. The van der Waals surface area contributed by atoms with Crippen molar-refractivity contribution in [3.8, 4) is 0 Å². The maximum absolute atomic E-state index is 10.2. The Labute approximate surface area is 88.5 Å². The Balaban J connectivity index is 1.90. The molecule has 0 aromatic carbocycles. The first-order valence-electron chi connectivity index (χ1n) is 5.21. The molecule has 0 bridgehead atoms. The molecule has 0 radical (unpaired) electrons. The van der Waals surface area contributed by atoms with E-state index in [2.05, 4.69) is 22.1 Å². The molecule has 1 atom stereocenters. The fourth-order valence-electron chi connectivity index (χ4n) is 1.98. The highest BCUT2D eigenvalue weighted by Gasteiger charge is 2.21. The van der Waals surface area contributed by atoms with Gasteiger partial charge < -0.3 is 14.2 Å². The van der Waals surface area contributed by atoms with Crippen molar-refractivity contribution in [2.45, 2.75) is 19.3 Å². The zero-order valence-corrected chi connectivity index (χ0v) is 8.85. The Morgan fingerprint density at radius 3 is 3.20 bits per heavy atom. The van der Waals surface area contributed by atoms with E-state index in [9.17, 15) is 4.79 Å². The molecule has 0 amide bonds. The molecule has 1 aromatic heterocycles. The second-order valence-corrected chi connectivity index (χ2v) is 4.10. The van der Waals surface area contributed by atoms with Crippen LogP contribution >= 0.6 is 0 Å². The summed E-state index contributed by atoms with van der Waals surface area (Å²) in [6.45, 7) is 2.24. The summed E-state index contributed by atoms with van der Waals surface area (Å²) in [5.74, 6) is 1.77. The van der Waals surface area contributed by atoms with E-state index in [1.165, 1.54) is 6.42 Å². The van der Waals surface area contributed by atoms with Gasteiger partial charge in [-0.2, -0.15) is 4.98 Å². The van der Waals surface area contributed by atoms with Gasteiger partial charge in [-0.05, 0) is 25.9 Å². The minimum Gasteiger partial charge on any atom is -0.339 e. The number of aldehydes is 1. The van der Waals surface area contributed by atoms with E-state index < -0.39 is 0 Å². The summed E-state index contributed by atoms with van der Waals surface area (Å²) in [4.78, 5) is 16.7. The third-order valence-corrected chi connectivity index (χ3v) is 2.73. The van der Waals surface area contributed by atoms with E-state index in [4.69, 9.17) is 4.52 Å². The van der Waals surface area contributed by atoms with Crippen LogP contribution in [0.1, 0.15) is 18.1 Å². The van der Waals surface area contributed by atoms with Crippen molar-refractivity contribution in [1.82, 2.24) is 15.0 Å². The fourth-order valence-corrected chi connectivity index (χ4v) is 1.98. The van der Waals surface area contributed by atoms with E-state index in [1.54, 1.807) is 0 Å². The highest BCUT2D eigenvalue weighted by atomic mass is 16.5. The van der Waals surface area contributed by atoms with Crippen LogP contribution in [0.15, 0.2) is 4.52 Å². The van der Waals surface area contributed by atoms with Crippen LogP contribution in [0, 0.1) is 5.92 Å². The van der Waals surface area contributed by atoms with Gasteiger partial charge in [0.25, 0.3) is 0 Å². The summed E-state index contributed by atoms with van der Waals surface area (Å²) in [6.07, 6.45) is 3.04. The van der Waals surface area contributed by atoms with Crippen LogP contribution in [0.3, 0.4) is 0 Å². The molecular formula is C10H15N3O2. The summed E-state index contributed by atoms with van der Waals surface area (Å²) in [5.41, 5.74) is 0. The minimum atomic E-state index is 0.220. The maximum atomic E-state index is 10.2. The van der Waals surface area contributed by atoms with E-state index in [-0.39, 0.29) is 6.42 Å². The second-order valence-electron chi connectivity index (χ2n) is 4.10. The molecular weight excluding hydrogens is 194 g/mol. The Morgan fingerprint density at radius 2 is 2.53 bits per heavy atom. The molecule has 0 aliphatic carbocycles. The highest BCUT2D eigenvalue weighted by molar-refractivity contribution is 5.52. The highest BCUT2D eigenvalue weighted by Crippen LogP contribution is 2.18. The first-order valence-corrected chi connectivity index (χ1v) is 5.21. The molecule has 15 heavy (non-hydrogen) atoms. The fraction of sp³-hybridized carbons (Fsp3) is 0.700. The van der Waals surface area contributed by atoms with E-state index in [0.717, 1.165) is 31.6 Å². The molecule has 1 fully saturated rings. The number of hydrogen-bond donors (Lipinski definition) is 0. The van der Waals surface area contributed by atoms with Gasteiger partial charge in [0.2, 0.25) is 5.89 Å². The summed E-state index contributed by atoms with van der Waals surface area (Å²) in [7, 11) is 2.12. The van der Waals surface area contributed by atoms with Crippen LogP contribution in [0.5, 0.6) is 0 Å². The second kappa shape index (κ2) is 4.53. The van der Waals surface area contributed by atoms with Crippen LogP contribution < -0.4 is 0 Å². The average Bonchev–Trinajstić information content (AvgIpc) is 2.78. The molecule has 2 heterocycles. The minimum absolute atomic E-state index is 0.220. The molecule has 1 aliphatic heterocycles. The summed E-state index contributed by atoms with van der Waals surface area (Å²) >= 11 is 0. The number of carbonyl (C=O) groups excluding carboxylic acids is 1. The van der Waals surface area contributed by atoms with Crippen LogP contribution in [0.4, 0.5) is 0 Å². The zero-order valence-electron chi connectivity index (χ0n) is 8.85. The van der Waals surface area contributed by atoms with E-state index in [1.807, 2.05) is 0 Å². The van der Waals surface area contributed by atoms with Crippen molar-refractivity contribution in [2.24, 2.45) is 5.92 Å². The number of hydrogen-bond acceptors (Lipinski definition) is 5. The van der Waals surface area contributed by atoms with Gasteiger partial charge in [-0.3, -0.25) is 0 Å². The summed E-state index contributed by atoms with van der Waals surface area (Å²) < 4.78 is 4.94. The standard InChI is InChI=1S/C10H15N3O2/c1-13-4-2-8(7-13)6-9-11-10(3-5-14)15-12-9/h5,8H,2-4,6-7H2,1H3. The molecule has 1 aliphatic rings. The van der Waals surface area contributed by atoms with E-state index in [0.29, 0.717) is 11.8 Å². The van der Waals surface area contributed by atoms with Gasteiger partial charge in [-0.25, -0.2) is 0 Å². The molecule has 5 nitrogen and oxygen atoms in total. The van der Waals surface area contributed by atoms with Crippen molar-refractivity contribution in [2.75, 3.05) is 20.1 Å². The monoisotopic (exact) mass is 209 g/mol. The van der Waals surface area contributed by atoms with Gasteiger partial charge in [-0.15, -0.1) is 0 Å². The molecule has 82 valence electrons. The van der Waals surface area contributed by atoms with Crippen molar-refractivity contribution >= 4 is 6.29 Å². The molecule has 5 heteroatoms. The van der Waals surface area contributed by atoms with Crippen LogP contribution in [-0.4, -0.2) is 41.5 Å². The van der Waals surface area contributed by atoms with Crippen molar-refractivity contribution < 1.29 is 9.32 Å². The zero-order chi connectivity index (χ0) is 10.7. The van der Waals surface area contributed by atoms with Crippen LogP contribution in [0.2, 0.25) is 0 Å². The number of likely N-dealkylation sites (tertiary alicyclic amines) is 1. The predicted octanol–water partition coefficient (Wildman–Crippen LogP) is 0.305. The maximum Gasteiger partial charge on any atom is 0.233 e. The summed E-state index contributed by atoms with van der Waals surface area (Å²) in [5, 5.41) is 3.86.